The van der Waals surface area contributed by atoms with Gasteiger partial charge in [-0.15, -0.1) is 0 Å². The van der Waals surface area contributed by atoms with E-state index in [0.717, 1.165) is 24.2 Å². The summed E-state index contributed by atoms with van der Waals surface area (Å²) in [6.07, 6.45) is 1.93. The van der Waals surface area contributed by atoms with Gasteiger partial charge in [-0.25, -0.2) is 0 Å². The molecule has 112 valence electrons. The van der Waals surface area contributed by atoms with E-state index in [1.807, 2.05) is 36.1 Å². The Hall–Kier alpha value is -1.51. The minimum atomic E-state index is 0.108. The van der Waals surface area contributed by atoms with E-state index >= 15 is 0 Å². The summed E-state index contributed by atoms with van der Waals surface area (Å²) in [6.45, 7) is 11.0. The molecule has 20 heavy (non-hydrogen) atoms. The van der Waals surface area contributed by atoms with Crippen LogP contribution in [0, 0.1) is 0 Å². The Labute approximate surface area is 122 Å². The molecule has 0 aromatic heterocycles. The number of carbonyl (C=O) groups excluding carboxylic acids is 1. The molecular formula is C17H27NO2. The van der Waals surface area contributed by atoms with Crippen molar-refractivity contribution in [1.29, 1.82) is 0 Å². The van der Waals surface area contributed by atoms with Gasteiger partial charge in [-0.3, -0.25) is 4.79 Å². The molecule has 1 amide bonds. The molecular weight excluding hydrogens is 250 g/mol. The Balaban J connectivity index is 2.93. The molecule has 0 N–H and O–H groups in total. The molecule has 0 heterocycles. The lowest BCUT2D eigenvalue weighted by Gasteiger charge is -2.34. The number of rotatable bonds is 7. The maximum absolute atomic E-state index is 12.7. The predicted octanol–water partition coefficient (Wildman–Crippen LogP) is 4.12. The summed E-state index contributed by atoms with van der Waals surface area (Å²) < 4.78 is 5.41. The summed E-state index contributed by atoms with van der Waals surface area (Å²) in [7, 11) is 0. The highest BCUT2D eigenvalue weighted by Gasteiger charge is 2.24. The third kappa shape index (κ3) is 3.99. The molecule has 3 nitrogen and oxygen atoms in total. The highest BCUT2D eigenvalue weighted by Crippen LogP contribution is 2.19. The fourth-order valence-corrected chi connectivity index (χ4v) is 2.24. The van der Waals surface area contributed by atoms with Gasteiger partial charge in [0.25, 0.3) is 5.91 Å². The van der Waals surface area contributed by atoms with Crippen molar-refractivity contribution in [3.8, 4) is 5.75 Å². The van der Waals surface area contributed by atoms with Crippen molar-refractivity contribution in [2.75, 3.05) is 6.61 Å². The number of hydrogen-bond acceptors (Lipinski definition) is 2. The fraction of sp³-hybridized carbons (Fsp3) is 0.588. The Morgan fingerprint density at radius 1 is 1.05 bits per heavy atom. The molecule has 1 rings (SSSR count). The van der Waals surface area contributed by atoms with E-state index in [2.05, 4.69) is 27.7 Å². The fourth-order valence-electron chi connectivity index (χ4n) is 2.24. The Bertz CT molecular complexity index is 404. The zero-order valence-corrected chi connectivity index (χ0v) is 13.3. The van der Waals surface area contributed by atoms with E-state index in [0.29, 0.717) is 6.61 Å². The average Bonchev–Trinajstić information content (AvgIpc) is 2.47. The Morgan fingerprint density at radius 3 is 1.95 bits per heavy atom. The number of amides is 1. The van der Waals surface area contributed by atoms with E-state index < -0.39 is 0 Å². The third-order valence-electron chi connectivity index (χ3n) is 3.78. The predicted molar refractivity (Wildman–Crippen MR) is 83.3 cm³/mol. The molecule has 0 aliphatic rings. The summed E-state index contributed by atoms with van der Waals surface area (Å²) in [4.78, 5) is 14.7. The van der Waals surface area contributed by atoms with Crippen molar-refractivity contribution in [3.05, 3.63) is 29.8 Å². The molecule has 1 aromatic rings. The first-order valence-electron chi connectivity index (χ1n) is 7.60. The monoisotopic (exact) mass is 277 g/mol. The van der Waals surface area contributed by atoms with E-state index in [9.17, 15) is 4.79 Å². The van der Waals surface area contributed by atoms with Crippen LogP contribution in [0.15, 0.2) is 24.3 Å². The second kappa shape index (κ2) is 7.93. The molecule has 0 saturated carbocycles. The maximum Gasteiger partial charge on any atom is 0.254 e. The first-order chi connectivity index (χ1) is 9.54. The molecule has 0 spiro atoms. The molecule has 3 heteroatoms. The number of carbonyl (C=O) groups is 1. The molecule has 0 saturated heterocycles. The van der Waals surface area contributed by atoms with Crippen LogP contribution in [-0.2, 0) is 0 Å². The van der Waals surface area contributed by atoms with Crippen molar-refractivity contribution in [3.63, 3.8) is 0 Å². The van der Waals surface area contributed by atoms with Crippen molar-refractivity contribution in [2.24, 2.45) is 0 Å². The molecule has 1 aromatic carbocycles. The van der Waals surface area contributed by atoms with Gasteiger partial charge in [-0.1, -0.05) is 13.8 Å². The molecule has 0 aliphatic carbocycles. The molecule has 0 fully saturated rings. The molecule has 0 aliphatic heterocycles. The van der Waals surface area contributed by atoms with Crippen LogP contribution in [0.25, 0.3) is 0 Å². The lowest BCUT2D eigenvalue weighted by Crippen LogP contribution is -2.44. The van der Waals surface area contributed by atoms with Crippen LogP contribution < -0.4 is 4.74 Å². The first kappa shape index (κ1) is 16.5. The van der Waals surface area contributed by atoms with Crippen LogP contribution >= 0.6 is 0 Å². The number of ether oxygens (including phenoxy) is 1. The van der Waals surface area contributed by atoms with Crippen molar-refractivity contribution in [2.45, 2.75) is 59.5 Å². The topological polar surface area (TPSA) is 29.5 Å². The minimum absolute atomic E-state index is 0.108. The number of nitrogens with zero attached hydrogens (tertiary/aromatic N) is 1. The Morgan fingerprint density at radius 2 is 1.55 bits per heavy atom. The highest BCUT2D eigenvalue weighted by atomic mass is 16.5. The molecule has 0 bridgehead atoms. The second-order valence-corrected chi connectivity index (χ2v) is 5.18. The summed E-state index contributed by atoms with van der Waals surface area (Å²) in [5.74, 6) is 0.916. The van der Waals surface area contributed by atoms with Crippen molar-refractivity contribution < 1.29 is 9.53 Å². The van der Waals surface area contributed by atoms with Gasteiger partial charge in [-0.2, -0.15) is 0 Å². The normalized spacial score (nSPS) is 13.7. The minimum Gasteiger partial charge on any atom is -0.494 e. The van der Waals surface area contributed by atoms with Gasteiger partial charge >= 0.3 is 0 Å². The quantitative estimate of drug-likeness (QED) is 0.750. The summed E-state index contributed by atoms with van der Waals surface area (Å²) in [5.41, 5.74) is 0.731. The van der Waals surface area contributed by atoms with Gasteiger partial charge in [0.05, 0.1) is 6.61 Å². The van der Waals surface area contributed by atoms with Gasteiger partial charge in [0.1, 0.15) is 5.75 Å². The number of benzene rings is 1. The summed E-state index contributed by atoms with van der Waals surface area (Å²) in [5, 5.41) is 0. The van der Waals surface area contributed by atoms with E-state index in [1.54, 1.807) is 0 Å². The van der Waals surface area contributed by atoms with Crippen LogP contribution in [0.4, 0.5) is 0 Å². The van der Waals surface area contributed by atoms with Crippen LogP contribution in [-0.4, -0.2) is 29.5 Å². The average molecular weight is 277 g/mol. The standard InChI is InChI=1S/C17H27NO2/c1-6-13(4)18(14(5)7-2)17(19)15-9-11-16(12-10-15)20-8-3/h9-14H,6-8H2,1-5H3/t13-,14-/m0/s1. The zero-order chi connectivity index (χ0) is 15.1. The Kier molecular flexibility index (Phi) is 6.56. The van der Waals surface area contributed by atoms with Gasteiger partial charge in [0, 0.05) is 17.6 Å². The highest BCUT2D eigenvalue weighted by molar-refractivity contribution is 5.94. The van der Waals surface area contributed by atoms with Gasteiger partial charge in [-0.05, 0) is 57.9 Å². The van der Waals surface area contributed by atoms with E-state index in [-0.39, 0.29) is 18.0 Å². The smallest absolute Gasteiger partial charge is 0.254 e. The van der Waals surface area contributed by atoms with Gasteiger partial charge in [0.15, 0.2) is 0 Å². The van der Waals surface area contributed by atoms with Crippen molar-refractivity contribution >= 4 is 5.91 Å². The zero-order valence-electron chi connectivity index (χ0n) is 13.3. The SMILES string of the molecule is CCOc1ccc(C(=O)N([C@@H](C)CC)[C@@H](C)CC)cc1. The number of hydrogen-bond donors (Lipinski definition) is 0. The summed E-state index contributed by atoms with van der Waals surface area (Å²) >= 11 is 0. The second-order valence-electron chi connectivity index (χ2n) is 5.18. The summed E-state index contributed by atoms with van der Waals surface area (Å²) in [6, 6.07) is 7.94. The lowest BCUT2D eigenvalue weighted by molar-refractivity contribution is 0.0598. The van der Waals surface area contributed by atoms with Crippen LogP contribution in [0.1, 0.15) is 57.8 Å². The first-order valence-corrected chi connectivity index (χ1v) is 7.60. The van der Waals surface area contributed by atoms with Crippen LogP contribution in [0.2, 0.25) is 0 Å². The third-order valence-corrected chi connectivity index (χ3v) is 3.78. The largest absolute Gasteiger partial charge is 0.494 e. The van der Waals surface area contributed by atoms with Crippen molar-refractivity contribution in [1.82, 2.24) is 4.90 Å². The van der Waals surface area contributed by atoms with E-state index in [1.165, 1.54) is 0 Å². The van der Waals surface area contributed by atoms with Gasteiger partial charge < -0.3 is 9.64 Å². The van der Waals surface area contributed by atoms with Gasteiger partial charge in [0.2, 0.25) is 0 Å². The lowest BCUT2D eigenvalue weighted by atomic mass is 10.1. The van der Waals surface area contributed by atoms with Crippen LogP contribution in [0.3, 0.4) is 0 Å². The molecule has 0 unspecified atom stereocenters. The maximum atomic E-state index is 12.7. The van der Waals surface area contributed by atoms with E-state index in [4.69, 9.17) is 4.74 Å². The molecule has 2 atom stereocenters. The van der Waals surface area contributed by atoms with Crippen LogP contribution in [0.5, 0.6) is 5.75 Å². The molecule has 0 radical (unpaired) electrons.